The number of hydrogen-bond donors (Lipinski definition) is 0. The van der Waals surface area contributed by atoms with Crippen LogP contribution in [-0.4, -0.2) is 42.6 Å². The summed E-state index contributed by atoms with van der Waals surface area (Å²) in [5, 5.41) is 1.74. The van der Waals surface area contributed by atoms with E-state index in [2.05, 4.69) is 39.8 Å². The van der Waals surface area contributed by atoms with E-state index in [0.29, 0.717) is 41.8 Å². The lowest BCUT2D eigenvalue weighted by molar-refractivity contribution is -0.270. The SMILES string of the molecule is CC(=CCOc1ccc2ccc(=O)oc2c1)CCC1OC2(C=Cc3c(cc4occc4c3OCCC(C)C=CC3OC3(C)C)O2)OC1(C)C. The molecule has 3 aliphatic rings. The maximum atomic E-state index is 11.6. The van der Waals surface area contributed by atoms with Crippen LogP contribution in [0, 0.1) is 5.92 Å². The molecule has 0 N–H and O–H groups in total. The van der Waals surface area contributed by atoms with Crippen molar-refractivity contribution in [2.24, 2.45) is 5.92 Å². The van der Waals surface area contributed by atoms with Crippen molar-refractivity contribution in [3.63, 3.8) is 0 Å². The van der Waals surface area contributed by atoms with Crippen LogP contribution >= 0.6 is 0 Å². The van der Waals surface area contributed by atoms with Crippen molar-refractivity contribution in [2.45, 2.75) is 90.2 Å². The maximum absolute atomic E-state index is 11.6. The molecule has 0 saturated carbocycles. The summed E-state index contributed by atoms with van der Waals surface area (Å²) >= 11 is 0. The first-order valence-electron chi connectivity index (χ1n) is 17.0. The average molecular weight is 669 g/mol. The van der Waals surface area contributed by atoms with Gasteiger partial charge in [0.05, 0.1) is 41.1 Å². The lowest BCUT2D eigenvalue weighted by Crippen LogP contribution is -2.39. The summed E-state index contributed by atoms with van der Waals surface area (Å²) in [5.74, 6) is 0.926. The highest BCUT2D eigenvalue weighted by Crippen LogP contribution is 2.48. The van der Waals surface area contributed by atoms with Crippen LogP contribution in [0.25, 0.3) is 28.0 Å². The van der Waals surface area contributed by atoms with E-state index in [1.165, 1.54) is 6.07 Å². The second-order valence-electron chi connectivity index (χ2n) is 14.3. The van der Waals surface area contributed by atoms with Crippen LogP contribution in [0.3, 0.4) is 0 Å². The van der Waals surface area contributed by atoms with Crippen molar-refractivity contribution in [2.75, 3.05) is 13.2 Å². The smallest absolute Gasteiger partial charge is 0.350 e. The zero-order valence-electron chi connectivity index (χ0n) is 28.9. The second-order valence-corrected chi connectivity index (χ2v) is 14.3. The maximum Gasteiger partial charge on any atom is 0.350 e. The summed E-state index contributed by atoms with van der Waals surface area (Å²) in [4.78, 5) is 11.6. The van der Waals surface area contributed by atoms with E-state index < -0.39 is 11.6 Å². The molecule has 9 heteroatoms. The van der Waals surface area contributed by atoms with E-state index in [-0.39, 0.29) is 23.4 Å². The first-order valence-corrected chi connectivity index (χ1v) is 17.0. The summed E-state index contributed by atoms with van der Waals surface area (Å²) in [7, 11) is 0. The molecule has 2 fully saturated rings. The fourth-order valence-corrected chi connectivity index (χ4v) is 6.34. The van der Waals surface area contributed by atoms with Crippen LogP contribution in [0.15, 0.2) is 92.2 Å². The Morgan fingerprint density at radius 1 is 1.00 bits per heavy atom. The van der Waals surface area contributed by atoms with Gasteiger partial charge in [-0.3, -0.25) is 0 Å². The van der Waals surface area contributed by atoms with Crippen LogP contribution in [0.2, 0.25) is 0 Å². The topological polar surface area (TPSA) is 102 Å². The van der Waals surface area contributed by atoms with Crippen LogP contribution in [-0.2, 0) is 14.2 Å². The van der Waals surface area contributed by atoms with Gasteiger partial charge in [0.1, 0.15) is 41.1 Å². The summed E-state index contributed by atoms with van der Waals surface area (Å²) in [6, 6.07) is 12.4. The molecule has 5 heterocycles. The van der Waals surface area contributed by atoms with Gasteiger partial charge in [-0.2, -0.15) is 0 Å². The molecule has 1 spiro atoms. The standard InChI is InChI=1S/C40H44O9/c1-25(16-20-42-28-11-9-27-10-14-36(41)45-31(27)23-28)8-13-35-39(5,6)49-40(48-35)19-15-29-33(46-40)24-32-30(18-22-43-32)37(29)44-21-17-26(2)7-12-34-38(3,4)47-34/h7,9-12,14-16,18-19,22-24,26,34-35H,8,13,17,20-21H2,1-6H3. The molecule has 0 bridgehead atoms. The normalized spacial score (nSPS) is 24.4. The Bertz CT molecular complexity index is 1990. The molecule has 7 rings (SSSR count). The van der Waals surface area contributed by atoms with E-state index in [9.17, 15) is 4.79 Å². The van der Waals surface area contributed by atoms with Crippen molar-refractivity contribution in [1.82, 2.24) is 0 Å². The van der Waals surface area contributed by atoms with Crippen molar-refractivity contribution < 1.29 is 37.3 Å². The molecule has 0 amide bonds. The van der Waals surface area contributed by atoms with Gasteiger partial charge in [0.25, 0.3) is 0 Å². The predicted octanol–water partition coefficient (Wildman–Crippen LogP) is 8.74. The molecule has 2 saturated heterocycles. The van der Waals surface area contributed by atoms with E-state index in [0.717, 1.165) is 46.9 Å². The van der Waals surface area contributed by atoms with Gasteiger partial charge in [0.2, 0.25) is 0 Å². The Balaban J connectivity index is 0.969. The Morgan fingerprint density at radius 2 is 1.82 bits per heavy atom. The number of fused-ring (bicyclic) bond motifs is 3. The van der Waals surface area contributed by atoms with Gasteiger partial charge in [0, 0.05) is 29.7 Å². The molecule has 4 atom stereocenters. The first kappa shape index (κ1) is 33.2. The molecule has 258 valence electrons. The van der Waals surface area contributed by atoms with Gasteiger partial charge in [-0.05, 0) is 96.2 Å². The van der Waals surface area contributed by atoms with Crippen molar-refractivity contribution in [3.8, 4) is 17.2 Å². The number of epoxide rings is 1. The van der Waals surface area contributed by atoms with E-state index >= 15 is 0 Å². The van der Waals surface area contributed by atoms with Gasteiger partial charge in [-0.25, -0.2) is 4.79 Å². The van der Waals surface area contributed by atoms with Gasteiger partial charge >= 0.3 is 11.6 Å². The lowest BCUT2D eigenvalue weighted by Gasteiger charge is -2.30. The van der Waals surface area contributed by atoms with Gasteiger partial charge in [0.15, 0.2) is 0 Å². The summed E-state index contributed by atoms with van der Waals surface area (Å²) in [6.45, 7) is 13.4. The highest BCUT2D eigenvalue weighted by Gasteiger charge is 2.54. The number of rotatable bonds is 12. The molecular formula is C40H44O9. The van der Waals surface area contributed by atoms with E-state index in [4.69, 9.17) is 37.3 Å². The minimum absolute atomic E-state index is 0.0524. The van der Waals surface area contributed by atoms with Crippen LogP contribution in [0.5, 0.6) is 17.2 Å². The van der Waals surface area contributed by atoms with Crippen molar-refractivity contribution in [3.05, 3.63) is 94.6 Å². The van der Waals surface area contributed by atoms with Crippen LogP contribution < -0.4 is 19.8 Å². The first-order chi connectivity index (χ1) is 23.4. The Morgan fingerprint density at radius 3 is 2.63 bits per heavy atom. The fourth-order valence-electron chi connectivity index (χ4n) is 6.34. The Kier molecular flexibility index (Phi) is 8.71. The molecule has 0 aliphatic carbocycles. The highest BCUT2D eigenvalue weighted by atomic mass is 16.9. The van der Waals surface area contributed by atoms with E-state index in [1.807, 2.05) is 56.3 Å². The number of hydrogen-bond acceptors (Lipinski definition) is 9. The Hall–Kier alpha value is -4.31. The minimum Gasteiger partial charge on any atom is -0.492 e. The highest BCUT2D eigenvalue weighted by molar-refractivity contribution is 5.91. The van der Waals surface area contributed by atoms with Crippen LogP contribution in [0.4, 0.5) is 0 Å². The predicted molar refractivity (Wildman–Crippen MR) is 187 cm³/mol. The molecule has 2 aromatic carbocycles. The molecule has 2 aromatic heterocycles. The average Bonchev–Trinajstić information content (AvgIpc) is 3.31. The van der Waals surface area contributed by atoms with Crippen molar-refractivity contribution in [1.29, 1.82) is 0 Å². The summed E-state index contributed by atoms with van der Waals surface area (Å²) in [5.41, 5.74) is 2.12. The third kappa shape index (κ3) is 7.20. The Labute approximate surface area is 286 Å². The van der Waals surface area contributed by atoms with Gasteiger partial charge in [-0.15, -0.1) is 0 Å². The quantitative estimate of drug-likeness (QED) is 0.0833. The third-order valence-corrected chi connectivity index (χ3v) is 9.48. The second kappa shape index (κ2) is 12.9. The number of furan rings is 1. The monoisotopic (exact) mass is 668 g/mol. The molecule has 0 radical (unpaired) electrons. The minimum atomic E-state index is -1.36. The fraction of sp³-hybridized carbons (Fsp3) is 0.425. The molecule has 4 unspecified atom stereocenters. The molecule has 4 aromatic rings. The number of ether oxygens (including phenoxy) is 6. The van der Waals surface area contributed by atoms with Gasteiger partial charge in [-0.1, -0.05) is 24.6 Å². The molecular weight excluding hydrogens is 624 g/mol. The zero-order chi connectivity index (χ0) is 34.4. The molecule has 49 heavy (non-hydrogen) atoms. The number of benzene rings is 2. The van der Waals surface area contributed by atoms with Crippen LogP contribution in [0.1, 0.15) is 66.4 Å². The summed E-state index contributed by atoms with van der Waals surface area (Å²) in [6.07, 6.45) is 14.2. The third-order valence-electron chi connectivity index (χ3n) is 9.48. The van der Waals surface area contributed by atoms with E-state index in [1.54, 1.807) is 18.4 Å². The lowest BCUT2D eigenvalue weighted by atomic mass is 9.96. The van der Waals surface area contributed by atoms with Gasteiger partial charge < -0.3 is 37.3 Å². The number of allylic oxidation sites excluding steroid dienone is 2. The molecule has 9 nitrogen and oxygen atoms in total. The van der Waals surface area contributed by atoms with Crippen molar-refractivity contribution >= 4 is 28.0 Å². The summed E-state index contributed by atoms with van der Waals surface area (Å²) < 4.78 is 48.5. The largest absolute Gasteiger partial charge is 0.492 e. The molecule has 3 aliphatic heterocycles. The zero-order valence-corrected chi connectivity index (χ0v) is 28.9.